The van der Waals surface area contributed by atoms with Crippen molar-refractivity contribution in [1.29, 1.82) is 0 Å². The molecular formula is C19H22BNO6. The van der Waals surface area contributed by atoms with Gasteiger partial charge in [0.05, 0.1) is 17.8 Å². The number of aromatic nitrogens is 1. The van der Waals surface area contributed by atoms with Gasteiger partial charge in [-0.3, -0.25) is 4.79 Å². The van der Waals surface area contributed by atoms with E-state index in [1.807, 2.05) is 52.0 Å². The van der Waals surface area contributed by atoms with Gasteiger partial charge in [0.15, 0.2) is 11.5 Å². The lowest BCUT2D eigenvalue weighted by atomic mass is 9.79. The predicted molar refractivity (Wildman–Crippen MR) is 98.6 cm³/mol. The number of benzene rings is 1. The van der Waals surface area contributed by atoms with Crippen molar-refractivity contribution in [2.75, 3.05) is 6.61 Å². The quantitative estimate of drug-likeness (QED) is 0.345. The SMILES string of the molecule is CCOC(=O)C(=O)c1cc(-c2ccc(B3OC(C)(C)C(C)(C)O3)cc2)on1. The predicted octanol–water partition coefficient (Wildman–Crippen LogP) is 2.39. The lowest BCUT2D eigenvalue weighted by Crippen LogP contribution is -2.41. The summed E-state index contributed by atoms with van der Waals surface area (Å²) in [4.78, 5) is 23.4. The third-order valence-corrected chi connectivity index (χ3v) is 4.92. The Balaban J connectivity index is 1.75. The molecule has 7 nitrogen and oxygen atoms in total. The second kappa shape index (κ2) is 6.94. The monoisotopic (exact) mass is 371 g/mol. The zero-order valence-electron chi connectivity index (χ0n) is 16.1. The Labute approximate surface area is 158 Å². The number of esters is 1. The molecule has 8 heteroatoms. The number of hydrogen-bond donors (Lipinski definition) is 0. The molecule has 1 aromatic carbocycles. The van der Waals surface area contributed by atoms with Gasteiger partial charge in [-0.25, -0.2) is 4.79 Å². The van der Waals surface area contributed by atoms with E-state index in [1.165, 1.54) is 6.07 Å². The minimum atomic E-state index is -0.951. The van der Waals surface area contributed by atoms with Crippen LogP contribution in [-0.4, -0.2) is 41.8 Å². The third-order valence-electron chi connectivity index (χ3n) is 4.92. The molecule has 0 bridgehead atoms. The highest BCUT2D eigenvalue weighted by molar-refractivity contribution is 6.62. The van der Waals surface area contributed by atoms with Crippen LogP contribution in [0.25, 0.3) is 11.3 Å². The van der Waals surface area contributed by atoms with Crippen molar-refractivity contribution >= 4 is 24.3 Å². The fraction of sp³-hybridized carbons (Fsp3) is 0.421. The molecule has 1 fully saturated rings. The topological polar surface area (TPSA) is 87.9 Å². The van der Waals surface area contributed by atoms with Crippen LogP contribution in [0.2, 0.25) is 0 Å². The Kier molecular flexibility index (Phi) is 4.97. The van der Waals surface area contributed by atoms with Crippen LogP contribution in [0, 0.1) is 0 Å². The fourth-order valence-corrected chi connectivity index (χ4v) is 2.60. The van der Waals surface area contributed by atoms with Crippen molar-refractivity contribution in [2.24, 2.45) is 0 Å². The first kappa shape index (κ1) is 19.3. The van der Waals surface area contributed by atoms with Gasteiger partial charge in [-0.1, -0.05) is 29.4 Å². The first-order valence-corrected chi connectivity index (χ1v) is 8.79. The number of carbonyl (C=O) groups excluding carboxylic acids is 2. The standard InChI is InChI=1S/C19H22BNO6/c1-6-24-17(23)16(22)14-11-15(25-21-14)12-7-9-13(10-8-12)20-26-18(2,3)19(4,5)27-20/h7-11H,6H2,1-5H3. The summed E-state index contributed by atoms with van der Waals surface area (Å²) in [5.74, 6) is -1.41. The van der Waals surface area contributed by atoms with E-state index in [4.69, 9.17) is 13.8 Å². The second-order valence-corrected chi connectivity index (χ2v) is 7.34. The van der Waals surface area contributed by atoms with Gasteiger partial charge in [0.1, 0.15) is 0 Å². The van der Waals surface area contributed by atoms with Gasteiger partial charge in [-0.2, -0.15) is 0 Å². The number of ketones is 1. The highest BCUT2D eigenvalue weighted by atomic mass is 16.7. The summed E-state index contributed by atoms with van der Waals surface area (Å²) in [6.07, 6.45) is 0. The van der Waals surface area contributed by atoms with Crippen LogP contribution in [0.1, 0.15) is 45.1 Å². The highest BCUT2D eigenvalue weighted by Gasteiger charge is 2.51. The molecule has 0 aliphatic carbocycles. The number of carbonyl (C=O) groups is 2. The molecule has 0 saturated carbocycles. The summed E-state index contributed by atoms with van der Waals surface area (Å²) in [7, 11) is -0.459. The summed E-state index contributed by atoms with van der Waals surface area (Å²) in [6, 6.07) is 8.79. The zero-order chi connectivity index (χ0) is 19.8. The summed E-state index contributed by atoms with van der Waals surface area (Å²) in [5, 5.41) is 3.66. The van der Waals surface area contributed by atoms with E-state index in [2.05, 4.69) is 9.89 Å². The number of hydrogen-bond acceptors (Lipinski definition) is 7. The largest absolute Gasteiger partial charge is 0.494 e. The average Bonchev–Trinajstić information content (AvgIpc) is 3.17. The third kappa shape index (κ3) is 3.68. The maximum absolute atomic E-state index is 11.9. The van der Waals surface area contributed by atoms with Crippen molar-refractivity contribution in [3.63, 3.8) is 0 Å². The summed E-state index contributed by atoms with van der Waals surface area (Å²) in [5.41, 5.74) is 0.677. The molecular weight excluding hydrogens is 349 g/mol. The van der Waals surface area contributed by atoms with E-state index >= 15 is 0 Å². The molecule has 3 rings (SSSR count). The van der Waals surface area contributed by atoms with E-state index < -0.39 is 30.1 Å². The molecule has 2 heterocycles. The summed E-state index contributed by atoms with van der Waals surface area (Å²) >= 11 is 0. The number of Topliss-reactive ketones (excluding diaryl/α,β-unsaturated/α-hetero) is 1. The van der Waals surface area contributed by atoms with E-state index in [9.17, 15) is 9.59 Å². The molecule has 1 aromatic heterocycles. The smallest absolute Gasteiger partial charge is 0.460 e. The van der Waals surface area contributed by atoms with Gasteiger partial charge in [-0.15, -0.1) is 0 Å². The maximum Gasteiger partial charge on any atom is 0.494 e. The lowest BCUT2D eigenvalue weighted by Gasteiger charge is -2.32. The Bertz CT molecular complexity index is 839. The fourth-order valence-electron chi connectivity index (χ4n) is 2.60. The van der Waals surface area contributed by atoms with E-state index in [1.54, 1.807) is 6.92 Å². The minimum absolute atomic E-state index is 0.0847. The molecule has 0 radical (unpaired) electrons. The molecule has 2 aromatic rings. The normalized spacial score (nSPS) is 17.7. The van der Waals surface area contributed by atoms with Crippen molar-refractivity contribution in [3.05, 3.63) is 36.0 Å². The van der Waals surface area contributed by atoms with Gasteiger partial charge < -0.3 is 18.6 Å². The highest BCUT2D eigenvalue weighted by Crippen LogP contribution is 2.36. The van der Waals surface area contributed by atoms with Crippen LogP contribution >= 0.6 is 0 Å². The van der Waals surface area contributed by atoms with Gasteiger partial charge in [0.2, 0.25) is 0 Å². The van der Waals surface area contributed by atoms with Crippen LogP contribution < -0.4 is 5.46 Å². The molecule has 1 saturated heterocycles. The molecule has 0 unspecified atom stereocenters. The summed E-state index contributed by atoms with van der Waals surface area (Å²) < 4.78 is 21.9. The Hall–Kier alpha value is -2.45. The van der Waals surface area contributed by atoms with Gasteiger partial charge in [0.25, 0.3) is 5.78 Å². The van der Waals surface area contributed by atoms with Gasteiger partial charge >= 0.3 is 13.1 Å². The summed E-state index contributed by atoms with van der Waals surface area (Å²) in [6.45, 7) is 9.74. The van der Waals surface area contributed by atoms with Crippen LogP contribution in [0.5, 0.6) is 0 Å². The van der Waals surface area contributed by atoms with Gasteiger partial charge in [-0.05, 0) is 40.1 Å². The molecule has 27 heavy (non-hydrogen) atoms. The van der Waals surface area contributed by atoms with E-state index in [-0.39, 0.29) is 12.3 Å². The van der Waals surface area contributed by atoms with Crippen molar-refractivity contribution in [3.8, 4) is 11.3 Å². The van der Waals surface area contributed by atoms with Crippen molar-refractivity contribution in [1.82, 2.24) is 5.16 Å². The van der Waals surface area contributed by atoms with Gasteiger partial charge in [0, 0.05) is 11.6 Å². The van der Waals surface area contributed by atoms with Crippen LogP contribution in [-0.2, 0) is 18.8 Å². The van der Waals surface area contributed by atoms with Crippen molar-refractivity contribution in [2.45, 2.75) is 45.8 Å². The lowest BCUT2D eigenvalue weighted by molar-refractivity contribution is -0.137. The van der Waals surface area contributed by atoms with E-state index in [0.29, 0.717) is 11.3 Å². The minimum Gasteiger partial charge on any atom is -0.460 e. The molecule has 0 spiro atoms. The Morgan fingerprint density at radius 1 is 1.07 bits per heavy atom. The van der Waals surface area contributed by atoms with E-state index in [0.717, 1.165) is 5.46 Å². The molecule has 142 valence electrons. The Morgan fingerprint density at radius 3 is 2.22 bits per heavy atom. The molecule has 0 amide bonds. The number of ether oxygens (including phenoxy) is 1. The second-order valence-electron chi connectivity index (χ2n) is 7.34. The Morgan fingerprint density at radius 2 is 1.67 bits per heavy atom. The zero-order valence-corrected chi connectivity index (χ0v) is 16.1. The molecule has 0 atom stereocenters. The van der Waals surface area contributed by atoms with Crippen LogP contribution in [0.4, 0.5) is 0 Å². The first-order chi connectivity index (χ1) is 12.6. The number of rotatable bonds is 5. The first-order valence-electron chi connectivity index (χ1n) is 8.79. The van der Waals surface area contributed by atoms with Crippen LogP contribution in [0.15, 0.2) is 34.9 Å². The average molecular weight is 371 g/mol. The number of nitrogens with zero attached hydrogens (tertiary/aromatic N) is 1. The van der Waals surface area contributed by atoms with Crippen LogP contribution in [0.3, 0.4) is 0 Å². The van der Waals surface area contributed by atoms with Crippen molar-refractivity contribution < 1.29 is 28.2 Å². The molecule has 0 N–H and O–H groups in total. The molecule has 1 aliphatic rings. The maximum atomic E-state index is 11.9. The molecule has 1 aliphatic heterocycles.